The lowest BCUT2D eigenvalue weighted by Crippen LogP contribution is -2.21. The van der Waals surface area contributed by atoms with E-state index in [-0.39, 0.29) is 0 Å². The van der Waals surface area contributed by atoms with Crippen LogP contribution in [0.2, 0.25) is 0 Å². The molecule has 0 fully saturated rings. The predicted octanol–water partition coefficient (Wildman–Crippen LogP) is -0.112. The smallest absolute Gasteiger partial charge is 0.105 e. The number of rotatable bonds is 5. The molecule has 1 aromatic rings. The van der Waals surface area contributed by atoms with Gasteiger partial charge in [0, 0.05) is 6.54 Å². The minimum Gasteiger partial charge on any atom is -0.390 e. The minimum absolute atomic E-state index is 0.360. The maximum atomic E-state index is 9.75. The van der Waals surface area contributed by atoms with Gasteiger partial charge in [-0.15, -0.1) is 0 Å². The molecule has 4 nitrogen and oxygen atoms in total. The average molecular weight is 210 g/mol. The molecule has 1 aromatic carbocycles. The van der Waals surface area contributed by atoms with E-state index in [9.17, 15) is 10.2 Å². The summed E-state index contributed by atoms with van der Waals surface area (Å²) in [5.41, 5.74) is 12.4. The van der Waals surface area contributed by atoms with Gasteiger partial charge in [-0.2, -0.15) is 0 Å². The lowest BCUT2D eigenvalue weighted by Gasteiger charge is -2.17. The van der Waals surface area contributed by atoms with Gasteiger partial charge < -0.3 is 21.7 Å². The van der Waals surface area contributed by atoms with E-state index in [4.69, 9.17) is 11.5 Å². The van der Waals surface area contributed by atoms with Crippen LogP contribution in [0.4, 0.5) is 0 Å². The molecule has 2 unspecified atom stereocenters. The second-order valence-electron chi connectivity index (χ2n) is 3.54. The number of hydrogen-bond acceptors (Lipinski definition) is 4. The summed E-state index contributed by atoms with van der Waals surface area (Å²) in [5, 5.41) is 19.3. The largest absolute Gasteiger partial charge is 0.390 e. The van der Waals surface area contributed by atoms with Crippen molar-refractivity contribution < 1.29 is 10.2 Å². The van der Waals surface area contributed by atoms with Crippen molar-refractivity contribution in [2.45, 2.75) is 25.2 Å². The Morgan fingerprint density at radius 3 is 2.13 bits per heavy atom. The molecule has 6 N–H and O–H groups in total. The molecular weight excluding hydrogens is 192 g/mol. The molecule has 0 aliphatic heterocycles. The molecule has 0 spiro atoms. The van der Waals surface area contributed by atoms with Crippen molar-refractivity contribution in [2.75, 3.05) is 6.54 Å². The van der Waals surface area contributed by atoms with Crippen LogP contribution in [-0.4, -0.2) is 22.9 Å². The minimum atomic E-state index is -0.875. The van der Waals surface area contributed by atoms with Crippen molar-refractivity contribution in [2.24, 2.45) is 11.5 Å². The van der Waals surface area contributed by atoms with Crippen molar-refractivity contribution >= 4 is 0 Å². The van der Waals surface area contributed by atoms with E-state index in [1.807, 2.05) is 12.1 Å². The first-order valence-corrected chi connectivity index (χ1v) is 5.04. The molecule has 0 aromatic heterocycles. The van der Waals surface area contributed by atoms with Crippen LogP contribution in [-0.2, 0) is 6.54 Å². The second kappa shape index (κ2) is 5.82. The standard InChI is InChI=1S/C11H18N2O2/c12-6-5-10(14)11(15)9-3-1-8(7-13)2-4-9/h1-4,10-11,14-15H,5-7,12-13H2. The summed E-state index contributed by atoms with van der Waals surface area (Å²) in [4.78, 5) is 0. The van der Waals surface area contributed by atoms with Crippen molar-refractivity contribution in [3.8, 4) is 0 Å². The first kappa shape index (κ1) is 12.1. The Morgan fingerprint density at radius 2 is 1.67 bits per heavy atom. The third kappa shape index (κ3) is 3.28. The van der Waals surface area contributed by atoms with E-state index in [1.165, 1.54) is 0 Å². The van der Waals surface area contributed by atoms with Crippen LogP contribution in [0.3, 0.4) is 0 Å². The highest BCUT2D eigenvalue weighted by atomic mass is 16.3. The molecule has 0 amide bonds. The normalized spacial score (nSPS) is 14.9. The highest BCUT2D eigenvalue weighted by Crippen LogP contribution is 2.18. The van der Waals surface area contributed by atoms with Gasteiger partial charge in [-0.25, -0.2) is 0 Å². The van der Waals surface area contributed by atoms with Crippen LogP contribution in [0.15, 0.2) is 24.3 Å². The first-order chi connectivity index (χ1) is 7.19. The van der Waals surface area contributed by atoms with Crippen molar-refractivity contribution in [3.63, 3.8) is 0 Å². The molecule has 0 bridgehead atoms. The maximum Gasteiger partial charge on any atom is 0.105 e. The summed E-state index contributed by atoms with van der Waals surface area (Å²) in [6.07, 6.45) is -1.29. The quantitative estimate of drug-likeness (QED) is 0.545. The summed E-state index contributed by atoms with van der Waals surface area (Å²) in [5.74, 6) is 0. The zero-order valence-corrected chi connectivity index (χ0v) is 8.63. The molecule has 0 aliphatic rings. The highest BCUT2D eigenvalue weighted by molar-refractivity contribution is 5.24. The van der Waals surface area contributed by atoms with E-state index in [0.717, 1.165) is 5.56 Å². The van der Waals surface area contributed by atoms with Gasteiger partial charge in [0.25, 0.3) is 0 Å². The Hall–Kier alpha value is -0.940. The van der Waals surface area contributed by atoms with Gasteiger partial charge in [0.05, 0.1) is 6.10 Å². The monoisotopic (exact) mass is 210 g/mol. The summed E-state index contributed by atoms with van der Waals surface area (Å²) in [7, 11) is 0. The Labute approximate surface area is 89.5 Å². The molecule has 0 aliphatic carbocycles. The van der Waals surface area contributed by atoms with Gasteiger partial charge in [-0.1, -0.05) is 24.3 Å². The van der Waals surface area contributed by atoms with Gasteiger partial charge in [0.2, 0.25) is 0 Å². The molecule has 0 saturated carbocycles. The van der Waals surface area contributed by atoms with E-state index >= 15 is 0 Å². The Balaban J connectivity index is 2.69. The molecule has 15 heavy (non-hydrogen) atoms. The van der Waals surface area contributed by atoms with Gasteiger partial charge >= 0.3 is 0 Å². The van der Waals surface area contributed by atoms with Crippen LogP contribution in [0, 0.1) is 0 Å². The zero-order chi connectivity index (χ0) is 11.3. The predicted molar refractivity (Wildman–Crippen MR) is 59.0 cm³/mol. The van der Waals surface area contributed by atoms with E-state index in [2.05, 4.69) is 0 Å². The lowest BCUT2D eigenvalue weighted by molar-refractivity contribution is 0.0150. The van der Waals surface area contributed by atoms with Gasteiger partial charge in [-0.05, 0) is 24.1 Å². The van der Waals surface area contributed by atoms with Crippen molar-refractivity contribution in [1.29, 1.82) is 0 Å². The fourth-order valence-electron chi connectivity index (χ4n) is 1.40. The third-order valence-electron chi connectivity index (χ3n) is 2.38. The second-order valence-corrected chi connectivity index (χ2v) is 3.54. The molecule has 0 saturated heterocycles. The molecule has 0 heterocycles. The van der Waals surface area contributed by atoms with Crippen LogP contribution in [0.5, 0.6) is 0 Å². The average Bonchev–Trinajstić information content (AvgIpc) is 2.28. The lowest BCUT2D eigenvalue weighted by atomic mass is 10.0. The number of aliphatic hydroxyl groups is 2. The van der Waals surface area contributed by atoms with Crippen LogP contribution in [0.25, 0.3) is 0 Å². The summed E-state index contributed by atoms with van der Waals surface area (Å²) in [6.45, 7) is 0.834. The SMILES string of the molecule is NCCC(O)C(O)c1ccc(CN)cc1. The first-order valence-electron chi connectivity index (χ1n) is 5.04. The fourth-order valence-corrected chi connectivity index (χ4v) is 1.40. The highest BCUT2D eigenvalue weighted by Gasteiger charge is 2.16. The van der Waals surface area contributed by atoms with Crippen LogP contribution < -0.4 is 11.5 Å². The van der Waals surface area contributed by atoms with Gasteiger partial charge in [0.15, 0.2) is 0 Å². The molecule has 1 rings (SSSR count). The maximum absolute atomic E-state index is 9.75. The molecular formula is C11H18N2O2. The Bertz CT molecular complexity index is 287. The summed E-state index contributed by atoms with van der Waals surface area (Å²) in [6, 6.07) is 7.22. The Morgan fingerprint density at radius 1 is 1.07 bits per heavy atom. The fraction of sp³-hybridized carbons (Fsp3) is 0.455. The number of benzene rings is 1. The number of hydrogen-bond donors (Lipinski definition) is 4. The molecule has 2 atom stereocenters. The third-order valence-corrected chi connectivity index (χ3v) is 2.38. The number of aliphatic hydroxyl groups excluding tert-OH is 2. The summed E-state index contributed by atoms with van der Waals surface area (Å²) >= 11 is 0. The molecule has 4 heteroatoms. The van der Waals surface area contributed by atoms with Crippen molar-refractivity contribution in [3.05, 3.63) is 35.4 Å². The van der Waals surface area contributed by atoms with E-state index in [0.29, 0.717) is 25.1 Å². The van der Waals surface area contributed by atoms with Gasteiger partial charge in [0.1, 0.15) is 6.10 Å². The topological polar surface area (TPSA) is 92.5 Å². The summed E-state index contributed by atoms with van der Waals surface area (Å²) < 4.78 is 0. The number of nitrogens with two attached hydrogens (primary N) is 2. The molecule has 0 radical (unpaired) electrons. The van der Waals surface area contributed by atoms with Crippen molar-refractivity contribution in [1.82, 2.24) is 0 Å². The van der Waals surface area contributed by atoms with Gasteiger partial charge in [-0.3, -0.25) is 0 Å². The Kier molecular flexibility index (Phi) is 4.71. The van der Waals surface area contributed by atoms with E-state index < -0.39 is 12.2 Å². The molecule has 84 valence electrons. The van der Waals surface area contributed by atoms with Crippen LogP contribution in [0.1, 0.15) is 23.7 Å². The zero-order valence-electron chi connectivity index (χ0n) is 8.63. The van der Waals surface area contributed by atoms with Crippen LogP contribution >= 0.6 is 0 Å². The van der Waals surface area contributed by atoms with E-state index in [1.54, 1.807) is 12.1 Å².